The molecule has 2 aromatic heterocycles. The van der Waals surface area contributed by atoms with E-state index in [1.807, 2.05) is 54.8 Å². The lowest BCUT2D eigenvalue weighted by molar-refractivity contribution is 0.0736. The lowest BCUT2D eigenvalue weighted by Crippen LogP contribution is -2.09. The van der Waals surface area contributed by atoms with Crippen LogP contribution < -0.4 is 14.2 Å². The van der Waals surface area contributed by atoms with E-state index < -0.39 is 5.97 Å². The number of fused-ring (bicyclic) bond motifs is 2. The summed E-state index contributed by atoms with van der Waals surface area (Å²) in [7, 11) is 0. The first-order valence-corrected chi connectivity index (χ1v) is 12.6. The molecule has 182 valence electrons. The summed E-state index contributed by atoms with van der Waals surface area (Å²) in [5.74, 6) is 1.06. The lowest BCUT2D eigenvalue weighted by Gasteiger charge is -2.07. The van der Waals surface area contributed by atoms with Gasteiger partial charge in [0.05, 0.1) is 12.2 Å². The summed E-state index contributed by atoms with van der Waals surface area (Å²) in [6.45, 7) is 2.39. The maximum Gasteiger partial charge on any atom is 0.348 e. The van der Waals surface area contributed by atoms with E-state index in [2.05, 4.69) is 0 Å². The van der Waals surface area contributed by atoms with Gasteiger partial charge in [0.2, 0.25) is 5.78 Å². The molecule has 6 nitrogen and oxygen atoms in total. The Balaban J connectivity index is 1.35. The molecule has 37 heavy (non-hydrogen) atoms. The van der Waals surface area contributed by atoms with Crippen LogP contribution in [-0.4, -0.2) is 18.4 Å². The Kier molecular flexibility index (Phi) is 5.82. The molecule has 0 N–H and O–H groups in total. The van der Waals surface area contributed by atoms with Gasteiger partial charge in [-0.1, -0.05) is 36.4 Å². The molecule has 5 aromatic rings. The van der Waals surface area contributed by atoms with Gasteiger partial charge < -0.3 is 18.6 Å². The number of benzene rings is 3. The smallest absolute Gasteiger partial charge is 0.348 e. The first-order valence-electron chi connectivity index (χ1n) is 11.7. The van der Waals surface area contributed by atoms with Gasteiger partial charge in [0, 0.05) is 28.0 Å². The molecule has 0 atom stereocenters. The summed E-state index contributed by atoms with van der Waals surface area (Å²) in [6, 6.07) is 23.3. The summed E-state index contributed by atoms with van der Waals surface area (Å²) in [5, 5.41) is 2.51. The van der Waals surface area contributed by atoms with Gasteiger partial charge in [-0.25, -0.2) is 4.79 Å². The van der Waals surface area contributed by atoms with Crippen molar-refractivity contribution in [2.24, 2.45) is 0 Å². The number of thiophene rings is 1. The molecule has 0 radical (unpaired) electrons. The van der Waals surface area contributed by atoms with Gasteiger partial charge in [-0.15, -0.1) is 11.3 Å². The van der Waals surface area contributed by atoms with Crippen molar-refractivity contribution in [3.63, 3.8) is 0 Å². The monoisotopic (exact) mass is 508 g/mol. The predicted molar refractivity (Wildman–Crippen MR) is 141 cm³/mol. The highest BCUT2D eigenvalue weighted by atomic mass is 32.1. The van der Waals surface area contributed by atoms with Crippen LogP contribution in [-0.2, 0) is 0 Å². The van der Waals surface area contributed by atoms with E-state index >= 15 is 0 Å². The van der Waals surface area contributed by atoms with Crippen molar-refractivity contribution in [3.8, 4) is 28.6 Å². The summed E-state index contributed by atoms with van der Waals surface area (Å²) in [4.78, 5) is 27.2. The van der Waals surface area contributed by atoms with Crippen LogP contribution >= 0.6 is 11.3 Å². The third-order valence-corrected chi connectivity index (χ3v) is 6.70. The average molecular weight is 509 g/mol. The Hall–Kier alpha value is -4.62. The minimum absolute atomic E-state index is 0.211. The van der Waals surface area contributed by atoms with Crippen LogP contribution in [0.5, 0.6) is 17.2 Å². The Morgan fingerprint density at radius 2 is 1.81 bits per heavy atom. The van der Waals surface area contributed by atoms with Crippen LogP contribution in [0, 0.1) is 0 Å². The standard InChI is InChI=1S/C30H20O6S/c1-2-33-19-11-13-24-23(15-19)27(29(36-24)18-7-4-3-5-8-18)30(32)34-20-10-12-22-25(16-20)35-26(28(22)31)17-21-9-6-14-37-21/h3-17H,2H2,1H3. The number of carbonyl (C=O) groups is 2. The third kappa shape index (κ3) is 4.30. The first kappa shape index (κ1) is 22.8. The molecule has 0 unspecified atom stereocenters. The first-order chi connectivity index (χ1) is 18.1. The van der Waals surface area contributed by atoms with E-state index in [-0.39, 0.29) is 17.3 Å². The van der Waals surface area contributed by atoms with Crippen LogP contribution in [0.4, 0.5) is 0 Å². The summed E-state index contributed by atoms with van der Waals surface area (Å²) >= 11 is 1.51. The zero-order valence-electron chi connectivity index (χ0n) is 19.7. The molecule has 0 fully saturated rings. The van der Waals surface area contributed by atoms with Crippen LogP contribution in [0.25, 0.3) is 28.4 Å². The van der Waals surface area contributed by atoms with Crippen molar-refractivity contribution >= 4 is 40.1 Å². The van der Waals surface area contributed by atoms with E-state index in [9.17, 15) is 9.59 Å². The Morgan fingerprint density at radius 1 is 0.973 bits per heavy atom. The second-order valence-corrected chi connectivity index (χ2v) is 9.25. The molecule has 0 bridgehead atoms. The zero-order valence-corrected chi connectivity index (χ0v) is 20.5. The highest BCUT2D eigenvalue weighted by molar-refractivity contribution is 7.10. The fourth-order valence-electron chi connectivity index (χ4n) is 4.22. The van der Waals surface area contributed by atoms with E-state index in [0.717, 1.165) is 10.4 Å². The van der Waals surface area contributed by atoms with Crippen LogP contribution in [0.3, 0.4) is 0 Å². The average Bonchev–Trinajstić information content (AvgIpc) is 3.63. The summed E-state index contributed by atoms with van der Waals surface area (Å²) in [6.07, 6.45) is 1.71. The van der Waals surface area contributed by atoms with Crippen LogP contribution in [0.15, 0.2) is 94.4 Å². The second-order valence-electron chi connectivity index (χ2n) is 8.27. The fraction of sp³-hybridized carbons (Fsp3) is 0.0667. The second kappa shape index (κ2) is 9.44. The van der Waals surface area contributed by atoms with Crippen molar-refractivity contribution in [2.45, 2.75) is 6.92 Å². The number of ether oxygens (including phenoxy) is 3. The molecule has 0 amide bonds. The van der Waals surface area contributed by atoms with E-state index in [0.29, 0.717) is 46.0 Å². The molecule has 0 spiro atoms. The quantitative estimate of drug-likeness (QED) is 0.135. The molecular weight excluding hydrogens is 488 g/mol. The minimum Gasteiger partial charge on any atom is -0.494 e. The van der Waals surface area contributed by atoms with Gasteiger partial charge >= 0.3 is 5.97 Å². The van der Waals surface area contributed by atoms with Gasteiger partial charge in [-0.2, -0.15) is 0 Å². The van der Waals surface area contributed by atoms with Gasteiger partial charge in [-0.05, 0) is 48.7 Å². The molecule has 3 aromatic carbocycles. The molecule has 0 saturated carbocycles. The number of Topliss-reactive ketones (excluding diaryl/α,β-unsaturated/α-hetero) is 1. The number of esters is 1. The molecule has 0 aliphatic carbocycles. The van der Waals surface area contributed by atoms with Crippen molar-refractivity contribution in [3.05, 3.63) is 106 Å². The molecule has 7 heteroatoms. The van der Waals surface area contributed by atoms with Gasteiger partial charge in [0.25, 0.3) is 0 Å². The number of ketones is 1. The maximum absolute atomic E-state index is 13.6. The van der Waals surface area contributed by atoms with Crippen LogP contribution in [0.2, 0.25) is 0 Å². The van der Waals surface area contributed by atoms with Crippen molar-refractivity contribution in [2.75, 3.05) is 6.61 Å². The molecule has 6 rings (SSSR count). The number of carbonyl (C=O) groups excluding carboxylic acids is 2. The van der Waals surface area contributed by atoms with Gasteiger partial charge in [-0.3, -0.25) is 4.79 Å². The molecule has 3 heterocycles. The third-order valence-electron chi connectivity index (χ3n) is 5.88. The molecular formula is C30H20O6S. The molecule has 0 saturated heterocycles. The normalized spacial score (nSPS) is 13.5. The van der Waals surface area contributed by atoms with Gasteiger partial charge in [0.1, 0.15) is 34.2 Å². The highest BCUT2D eigenvalue weighted by Gasteiger charge is 2.29. The lowest BCUT2D eigenvalue weighted by atomic mass is 10.1. The zero-order chi connectivity index (χ0) is 25.4. The highest BCUT2D eigenvalue weighted by Crippen LogP contribution is 2.38. The Labute approximate surface area is 216 Å². The summed E-state index contributed by atoms with van der Waals surface area (Å²) < 4.78 is 23.3. The number of furan rings is 1. The van der Waals surface area contributed by atoms with Crippen molar-refractivity contribution < 1.29 is 28.2 Å². The number of rotatable bonds is 6. The molecule has 1 aliphatic rings. The number of hydrogen-bond acceptors (Lipinski definition) is 7. The van der Waals surface area contributed by atoms with E-state index in [1.165, 1.54) is 11.3 Å². The Morgan fingerprint density at radius 3 is 2.59 bits per heavy atom. The van der Waals surface area contributed by atoms with Crippen LogP contribution in [0.1, 0.15) is 32.5 Å². The SMILES string of the molecule is CCOc1ccc2oc(-c3ccccc3)c(C(=O)Oc3ccc4c(c3)OC(=Cc3cccs3)C4=O)c2c1. The summed E-state index contributed by atoms with van der Waals surface area (Å²) in [5.41, 5.74) is 2.00. The number of hydrogen-bond donors (Lipinski definition) is 0. The maximum atomic E-state index is 13.6. The van der Waals surface area contributed by atoms with Crippen molar-refractivity contribution in [1.82, 2.24) is 0 Å². The number of allylic oxidation sites excluding steroid dienone is 1. The predicted octanol–water partition coefficient (Wildman–Crippen LogP) is 7.40. The minimum atomic E-state index is -0.593. The topological polar surface area (TPSA) is 75.0 Å². The fourth-order valence-corrected chi connectivity index (χ4v) is 4.87. The van der Waals surface area contributed by atoms with Gasteiger partial charge in [0.15, 0.2) is 5.76 Å². The van der Waals surface area contributed by atoms with E-state index in [1.54, 1.807) is 42.5 Å². The molecule has 1 aliphatic heterocycles. The van der Waals surface area contributed by atoms with E-state index in [4.69, 9.17) is 18.6 Å². The Bertz CT molecular complexity index is 1660. The largest absolute Gasteiger partial charge is 0.494 e. The van der Waals surface area contributed by atoms with Crippen molar-refractivity contribution in [1.29, 1.82) is 0 Å².